The Bertz CT molecular complexity index is 569. The summed E-state index contributed by atoms with van der Waals surface area (Å²) in [6.45, 7) is 6.92. The highest BCUT2D eigenvalue weighted by Gasteiger charge is 2.15. The van der Waals surface area contributed by atoms with Crippen LogP contribution in [0.25, 0.3) is 0 Å². The summed E-state index contributed by atoms with van der Waals surface area (Å²) in [4.78, 5) is 25.8. The molecule has 5 nitrogen and oxygen atoms in total. The molecule has 126 valence electrons. The molecule has 0 radical (unpaired) electrons. The van der Waals surface area contributed by atoms with Gasteiger partial charge in [-0.25, -0.2) is 0 Å². The van der Waals surface area contributed by atoms with Crippen molar-refractivity contribution in [3.05, 3.63) is 29.3 Å². The van der Waals surface area contributed by atoms with E-state index in [1.807, 2.05) is 31.7 Å². The second-order valence-corrected chi connectivity index (χ2v) is 6.41. The number of carbonyl (C=O) groups excluding carboxylic acids is 2. The largest absolute Gasteiger partial charge is 0.353 e. The molecule has 0 bridgehead atoms. The van der Waals surface area contributed by atoms with E-state index >= 15 is 0 Å². The molecule has 2 amide bonds. The van der Waals surface area contributed by atoms with Crippen molar-refractivity contribution in [2.45, 2.75) is 46.1 Å². The van der Waals surface area contributed by atoms with E-state index in [4.69, 9.17) is 0 Å². The minimum atomic E-state index is -0.0813. The smallest absolute Gasteiger partial charge is 0.238 e. The summed E-state index contributed by atoms with van der Waals surface area (Å²) in [5.74, 6) is -0.130. The highest BCUT2D eigenvalue weighted by atomic mass is 16.2. The van der Waals surface area contributed by atoms with Crippen LogP contribution in [0.3, 0.4) is 0 Å². The van der Waals surface area contributed by atoms with Crippen LogP contribution in [0.15, 0.2) is 18.2 Å². The summed E-state index contributed by atoms with van der Waals surface area (Å²) in [5.41, 5.74) is 3.58. The van der Waals surface area contributed by atoms with Crippen LogP contribution in [0, 0.1) is 0 Å². The highest BCUT2D eigenvalue weighted by Crippen LogP contribution is 2.24. The highest BCUT2D eigenvalue weighted by molar-refractivity contribution is 5.92. The molecule has 0 atom stereocenters. The lowest BCUT2D eigenvalue weighted by molar-refractivity contribution is -0.123. The third kappa shape index (κ3) is 5.36. The fourth-order valence-corrected chi connectivity index (χ4v) is 2.90. The number of hydrogen-bond donors (Lipinski definition) is 2. The Hall–Kier alpha value is -1.88. The number of rotatable bonds is 7. The van der Waals surface area contributed by atoms with Gasteiger partial charge in [-0.15, -0.1) is 0 Å². The predicted octanol–water partition coefficient (Wildman–Crippen LogP) is 1.96. The average molecular weight is 317 g/mol. The van der Waals surface area contributed by atoms with Crippen molar-refractivity contribution in [2.24, 2.45) is 0 Å². The van der Waals surface area contributed by atoms with Gasteiger partial charge < -0.3 is 10.6 Å². The van der Waals surface area contributed by atoms with E-state index in [0.717, 1.165) is 18.5 Å². The summed E-state index contributed by atoms with van der Waals surface area (Å²) >= 11 is 0. The zero-order chi connectivity index (χ0) is 16.8. The van der Waals surface area contributed by atoms with E-state index in [2.05, 4.69) is 22.8 Å². The van der Waals surface area contributed by atoms with Crippen molar-refractivity contribution < 1.29 is 9.59 Å². The number of hydrogen-bond acceptors (Lipinski definition) is 3. The average Bonchev–Trinajstić information content (AvgIpc) is 2.93. The molecule has 1 aromatic carbocycles. The molecular formula is C18H27N3O2. The van der Waals surface area contributed by atoms with Crippen LogP contribution in [0.5, 0.6) is 0 Å². The summed E-state index contributed by atoms with van der Waals surface area (Å²) in [6.07, 6.45) is 3.43. The predicted molar refractivity (Wildman–Crippen MR) is 92.5 cm³/mol. The molecule has 1 aliphatic rings. The van der Waals surface area contributed by atoms with Gasteiger partial charge in [-0.1, -0.05) is 13.0 Å². The third-order valence-corrected chi connectivity index (χ3v) is 4.01. The number of carbonyl (C=O) groups is 2. The number of benzene rings is 1. The number of nitrogens with one attached hydrogen (secondary N) is 2. The fourth-order valence-electron chi connectivity index (χ4n) is 2.90. The molecule has 0 spiro atoms. The topological polar surface area (TPSA) is 61.4 Å². The van der Waals surface area contributed by atoms with Crippen LogP contribution in [-0.4, -0.2) is 42.4 Å². The maximum Gasteiger partial charge on any atom is 0.238 e. The van der Waals surface area contributed by atoms with E-state index < -0.39 is 0 Å². The first-order valence-electron chi connectivity index (χ1n) is 8.41. The normalized spacial score (nSPS) is 13.3. The lowest BCUT2D eigenvalue weighted by Gasteiger charge is -2.20. The summed E-state index contributed by atoms with van der Waals surface area (Å²) < 4.78 is 0. The Morgan fingerprint density at radius 2 is 1.83 bits per heavy atom. The number of nitrogens with zero attached hydrogens (tertiary/aromatic N) is 1. The number of likely N-dealkylation sites (N-methyl/N-ethyl adjacent to an activating group) is 1. The molecule has 0 fully saturated rings. The van der Waals surface area contributed by atoms with Crippen molar-refractivity contribution in [1.29, 1.82) is 0 Å². The molecule has 1 aliphatic carbocycles. The standard InChI is InChI=1S/C18H27N3O2/c1-4-21(11-17(22)19-13(2)3)12-18(23)20-16-9-8-14-6-5-7-15(14)10-16/h8-10,13H,4-7,11-12H2,1-3H3,(H,19,22)(H,20,23). The van der Waals surface area contributed by atoms with Gasteiger partial charge in [0.05, 0.1) is 13.1 Å². The minimum Gasteiger partial charge on any atom is -0.353 e. The third-order valence-electron chi connectivity index (χ3n) is 4.01. The molecule has 0 unspecified atom stereocenters. The molecule has 1 aromatic rings. The Morgan fingerprint density at radius 3 is 2.52 bits per heavy atom. The van der Waals surface area contributed by atoms with E-state index in [1.165, 1.54) is 17.5 Å². The molecule has 23 heavy (non-hydrogen) atoms. The molecular weight excluding hydrogens is 290 g/mol. The lowest BCUT2D eigenvalue weighted by atomic mass is 10.1. The van der Waals surface area contributed by atoms with Gasteiger partial charge in [-0.2, -0.15) is 0 Å². The molecule has 0 heterocycles. The zero-order valence-corrected chi connectivity index (χ0v) is 14.3. The number of fused-ring (bicyclic) bond motifs is 1. The van der Waals surface area contributed by atoms with E-state index in [1.54, 1.807) is 0 Å². The Morgan fingerprint density at radius 1 is 1.13 bits per heavy atom. The van der Waals surface area contributed by atoms with Crippen molar-refractivity contribution in [3.8, 4) is 0 Å². The maximum absolute atomic E-state index is 12.2. The van der Waals surface area contributed by atoms with E-state index in [9.17, 15) is 9.59 Å². The first kappa shape index (κ1) is 17.5. The molecule has 0 saturated heterocycles. The molecule has 2 rings (SSSR count). The summed E-state index contributed by atoms with van der Waals surface area (Å²) in [7, 11) is 0. The Labute approximate surface area is 138 Å². The fraction of sp³-hybridized carbons (Fsp3) is 0.556. The van der Waals surface area contributed by atoms with Crippen molar-refractivity contribution in [2.75, 3.05) is 25.0 Å². The van der Waals surface area contributed by atoms with Gasteiger partial charge in [0.2, 0.25) is 11.8 Å². The lowest BCUT2D eigenvalue weighted by Crippen LogP contribution is -2.42. The quantitative estimate of drug-likeness (QED) is 0.808. The number of aryl methyl sites for hydroxylation is 2. The first-order chi connectivity index (χ1) is 11.0. The van der Waals surface area contributed by atoms with Crippen molar-refractivity contribution >= 4 is 17.5 Å². The van der Waals surface area contributed by atoms with Gasteiger partial charge in [-0.3, -0.25) is 14.5 Å². The zero-order valence-electron chi connectivity index (χ0n) is 14.3. The van der Waals surface area contributed by atoms with Crippen LogP contribution in [0.1, 0.15) is 38.3 Å². The first-order valence-corrected chi connectivity index (χ1v) is 8.41. The van der Waals surface area contributed by atoms with Gasteiger partial charge in [0.25, 0.3) is 0 Å². The van der Waals surface area contributed by atoms with Gasteiger partial charge in [0.1, 0.15) is 0 Å². The van der Waals surface area contributed by atoms with Crippen molar-refractivity contribution in [3.63, 3.8) is 0 Å². The summed E-state index contributed by atoms with van der Waals surface area (Å²) in [5, 5.41) is 5.78. The van der Waals surface area contributed by atoms with Gasteiger partial charge >= 0.3 is 0 Å². The van der Waals surface area contributed by atoms with Crippen LogP contribution in [0.2, 0.25) is 0 Å². The monoisotopic (exact) mass is 317 g/mol. The molecule has 0 saturated carbocycles. The van der Waals surface area contributed by atoms with Crippen LogP contribution < -0.4 is 10.6 Å². The van der Waals surface area contributed by atoms with Crippen LogP contribution in [0.4, 0.5) is 5.69 Å². The molecule has 0 aliphatic heterocycles. The minimum absolute atomic E-state index is 0.0489. The van der Waals surface area contributed by atoms with Crippen LogP contribution in [-0.2, 0) is 22.4 Å². The summed E-state index contributed by atoms with van der Waals surface area (Å²) in [6, 6.07) is 6.25. The number of anilines is 1. The van der Waals surface area contributed by atoms with E-state index in [-0.39, 0.29) is 30.9 Å². The Kier molecular flexibility index (Phi) is 6.16. The molecule has 0 aromatic heterocycles. The second kappa shape index (κ2) is 8.11. The molecule has 2 N–H and O–H groups in total. The maximum atomic E-state index is 12.2. The van der Waals surface area contributed by atoms with E-state index in [0.29, 0.717) is 6.54 Å². The second-order valence-electron chi connectivity index (χ2n) is 6.41. The molecule has 5 heteroatoms. The van der Waals surface area contributed by atoms with Gasteiger partial charge in [0, 0.05) is 11.7 Å². The van der Waals surface area contributed by atoms with Gasteiger partial charge in [-0.05, 0) is 62.9 Å². The number of amides is 2. The SMILES string of the molecule is CCN(CC(=O)Nc1ccc2c(c1)CCC2)CC(=O)NC(C)C. The van der Waals surface area contributed by atoms with Crippen molar-refractivity contribution in [1.82, 2.24) is 10.2 Å². The Balaban J connectivity index is 1.86. The van der Waals surface area contributed by atoms with Gasteiger partial charge in [0.15, 0.2) is 0 Å². The van der Waals surface area contributed by atoms with Crippen LogP contribution >= 0.6 is 0 Å².